The summed E-state index contributed by atoms with van der Waals surface area (Å²) in [6.07, 6.45) is 3.89. The second kappa shape index (κ2) is 3.53. The van der Waals surface area contributed by atoms with Gasteiger partial charge in [-0.15, -0.1) is 10.2 Å². The lowest BCUT2D eigenvalue weighted by molar-refractivity contribution is 0.0785. The third kappa shape index (κ3) is 2.15. The van der Waals surface area contributed by atoms with Crippen LogP contribution in [0.15, 0.2) is 17.0 Å². The first-order valence-corrected chi connectivity index (χ1v) is 5.33. The van der Waals surface area contributed by atoms with Crippen LogP contribution in [-0.2, 0) is 6.42 Å². The van der Waals surface area contributed by atoms with Crippen molar-refractivity contribution >= 4 is 21.6 Å². The Morgan fingerprint density at radius 2 is 2.20 bits per heavy atom. The van der Waals surface area contributed by atoms with E-state index in [9.17, 15) is 5.11 Å². The zero-order chi connectivity index (χ0) is 11.1. The van der Waals surface area contributed by atoms with Crippen molar-refractivity contribution in [1.82, 2.24) is 19.6 Å². The fourth-order valence-corrected chi connectivity index (χ4v) is 1.74. The Kier molecular flexibility index (Phi) is 2.47. The minimum absolute atomic E-state index is 0.449. The minimum Gasteiger partial charge on any atom is -0.390 e. The van der Waals surface area contributed by atoms with Crippen molar-refractivity contribution in [3.8, 4) is 0 Å². The lowest BCUT2D eigenvalue weighted by atomic mass is 10.1. The fourth-order valence-electron chi connectivity index (χ4n) is 1.35. The molecule has 2 rings (SSSR count). The average Bonchev–Trinajstić information content (AvgIpc) is 2.48. The third-order valence-electron chi connectivity index (χ3n) is 1.95. The molecule has 2 aromatic rings. The summed E-state index contributed by atoms with van der Waals surface area (Å²) >= 11 is 3.29. The lowest BCUT2D eigenvalue weighted by Crippen LogP contribution is -2.23. The van der Waals surface area contributed by atoms with Gasteiger partial charge in [-0.1, -0.05) is 0 Å². The average molecular weight is 271 g/mol. The molecule has 5 nitrogen and oxygen atoms in total. The molecule has 0 aliphatic heterocycles. The Bertz CT molecular complexity index is 488. The summed E-state index contributed by atoms with van der Waals surface area (Å²) in [6.45, 7) is 3.48. The number of nitrogens with zero attached hydrogens (tertiary/aromatic N) is 4. The number of aromatic nitrogens is 4. The number of fused-ring (bicyclic) bond motifs is 1. The first-order chi connectivity index (χ1) is 6.97. The van der Waals surface area contributed by atoms with Crippen LogP contribution in [0.25, 0.3) is 5.65 Å². The lowest BCUT2D eigenvalue weighted by Gasteiger charge is -2.14. The van der Waals surface area contributed by atoms with Crippen LogP contribution >= 0.6 is 15.9 Å². The molecule has 0 saturated carbocycles. The minimum atomic E-state index is -0.793. The number of rotatable bonds is 2. The molecule has 2 aromatic heterocycles. The van der Waals surface area contributed by atoms with E-state index in [2.05, 4.69) is 31.1 Å². The van der Waals surface area contributed by atoms with Crippen molar-refractivity contribution in [2.45, 2.75) is 25.9 Å². The zero-order valence-corrected chi connectivity index (χ0v) is 10.1. The van der Waals surface area contributed by atoms with Crippen LogP contribution in [0.3, 0.4) is 0 Å². The van der Waals surface area contributed by atoms with E-state index < -0.39 is 5.60 Å². The molecule has 6 heteroatoms. The molecule has 0 aromatic carbocycles. The van der Waals surface area contributed by atoms with Gasteiger partial charge in [0.25, 0.3) is 0 Å². The maximum absolute atomic E-state index is 9.71. The fraction of sp³-hybridized carbons (Fsp3) is 0.444. The van der Waals surface area contributed by atoms with Gasteiger partial charge in [0.2, 0.25) is 0 Å². The van der Waals surface area contributed by atoms with Gasteiger partial charge in [0.1, 0.15) is 5.82 Å². The van der Waals surface area contributed by atoms with Crippen LogP contribution in [0, 0.1) is 0 Å². The monoisotopic (exact) mass is 270 g/mol. The Balaban J connectivity index is 2.50. The van der Waals surface area contributed by atoms with E-state index in [-0.39, 0.29) is 0 Å². The Labute approximate surface area is 95.3 Å². The molecule has 80 valence electrons. The van der Waals surface area contributed by atoms with Gasteiger partial charge in [0.15, 0.2) is 10.3 Å². The largest absolute Gasteiger partial charge is 0.390 e. The molecule has 0 saturated heterocycles. The first-order valence-electron chi connectivity index (χ1n) is 4.54. The number of hydrogen-bond acceptors (Lipinski definition) is 4. The van der Waals surface area contributed by atoms with E-state index >= 15 is 0 Å². The Morgan fingerprint density at radius 1 is 1.47 bits per heavy atom. The van der Waals surface area contributed by atoms with Crippen molar-refractivity contribution in [2.24, 2.45) is 0 Å². The van der Waals surface area contributed by atoms with E-state index in [0.717, 1.165) is 5.82 Å². The van der Waals surface area contributed by atoms with Crippen LogP contribution in [-0.4, -0.2) is 30.3 Å². The SMILES string of the molecule is CC(C)(O)Cc1nnc2c(Br)nccn12. The predicted molar refractivity (Wildman–Crippen MR) is 58.5 cm³/mol. The highest BCUT2D eigenvalue weighted by molar-refractivity contribution is 9.10. The van der Waals surface area contributed by atoms with Crippen LogP contribution in [0.4, 0.5) is 0 Å². The predicted octanol–water partition coefficient (Wildman–Crippen LogP) is 1.20. The Morgan fingerprint density at radius 3 is 2.87 bits per heavy atom. The van der Waals surface area contributed by atoms with Gasteiger partial charge in [-0.25, -0.2) is 4.98 Å². The highest BCUT2D eigenvalue weighted by Gasteiger charge is 2.18. The molecule has 2 heterocycles. The van der Waals surface area contributed by atoms with Crippen molar-refractivity contribution in [2.75, 3.05) is 0 Å². The summed E-state index contributed by atoms with van der Waals surface area (Å²) in [5.74, 6) is 0.723. The van der Waals surface area contributed by atoms with Gasteiger partial charge in [-0.05, 0) is 29.8 Å². The molecule has 0 fully saturated rings. The smallest absolute Gasteiger partial charge is 0.193 e. The maximum atomic E-state index is 9.71. The van der Waals surface area contributed by atoms with Gasteiger partial charge >= 0.3 is 0 Å². The van der Waals surface area contributed by atoms with E-state index in [4.69, 9.17) is 0 Å². The molecular formula is C9H11BrN4O. The van der Waals surface area contributed by atoms with E-state index in [1.54, 1.807) is 26.2 Å². The summed E-state index contributed by atoms with van der Waals surface area (Å²) in [5.41, 5.74) is -0.129. The number of aliphatic hydroxyl groups is 1. The molecule has 0 spiro atoms. The van der Waals surface area contributed by atoms with E-state index in [1.165, 1.54) is 0 Å². The van der Waals surface area contributed by atoms with Gasteiger partial charge < -0.3 is 5.11 Å². The van der Waals surface area contributed by atoms with Crippen LogP contribution < -0.4 is 0 Å². The third-order valence-corrected chi connectivity index (χ3v) is 2.50. The summed E-state index contributed by atoms with van der Waals surface area (Å²) in [7, 11) is 0. The topological polar surface area (TPSA) is 63.3 Å². The zero-order valence-electron chi connectivity index (χ0n) is 8.48. The number of halogens is 1. The molecule has 15 heavy (non-hydrogen) atoms. The number of hydrogen-bond donors (Lipinski definition) is 1. The van der Waals surface area contributed by atoms with Crippen molar-refractivity contribution in [3.05, 3.63) is 22.8 Å². The summed E-state index contributed by atoms with van der Waals surface area (Å²) in [6, 6.07) is 0. The normalized spacial score (nSPS) is 12.3. The maximum Gasteiger partial charge on any atom is 0.193 e. The summed E-state index contributed by atoms with van der Waals surface area (Å²) in [4.78, 5) is 4.05. The van der Waals surface area contributed by atoms with Gasteiger partial charge in [0.05, 0.1) is 5.60 Å². The molecule has 0 aliphatic carbocycles. The molecule has 0 bridgehead atoms. The van der Waals surface area contributed by atoms with E-state index in [0.29, 0.717) is 16.7 Å². The summed E-state index contributed by atoms with van der Waals surface area (Å²) < 4.78 is 2.47. The molecule has 0 unspecified atom stereocenters. The molecule has 0 radical (unpaired) electrons. The van der Waals surface area contributed by atoms with Crippen LogP contribution in [0.1, 0.15) is 19.7 Å². The molecule has 0 aliphatic rings. The van der Waals surface area contributed by atoms with Crippen LogP contribution in [0.2, 0.25) is 0 Å². The van der Waals surface area contributed by atoms with Gasteiger partial charge in [0, 0.05) is 18.8 Å². The van der Waals surface area contributed by atoms with Crippen molar-refractivity contribution in [1.29, 1.82) is 0 Å². The quantitative estimate of drug-likeness (QED) is 0.891. The van der Waals surface area contributed by atoms with Gasteiger partial charge in [-0.3, -0.25) is 4.40 Å². The Hall–Kier alpha value is -1.01. The standard InChI is InChI=1S/C9H11BrN4O/c1-9(2,15)5-6-12-13-8-7(10)11-3-4-14(6)8/h3-4,15H,5H2,1-2H3. The van der Waals surface area contributed by atoms with Crippen LogP contribution in [0.5, 0.6) is 0 Å². The molecule has 0 amide bonds. The highest BCUT2D eigenvalue weighted by atomic mass is 79.9. The van der Waals surface area contributed by atoms with Gasteiger partial charge in [-0.2, -0.15) is 0 Å². The first kappa shape index (κ1) is 10.5. The second-order valence-corrected chi connectivity index (χ2v) is 4.77. The second-order valence-electron chi connectivity index (χ2n) is 4.02. The molecule has 1 N–H and O–H groups in total. The summed E-state index contributed by atoms with van der Waals surface area (Å²) in [5, 5.41) is 17.7. The highest BCUT2D eigenvalue weighted by Crippen LogP contribution is 2.16. The van der Waals surface area contributed by atoms with E-state index in [1.807, 2.05) is 4.40 Å². The van der Waals surface area contributed by atoms with Crippen molar-refractivity contribution < 1.29 is 5.11 Å². The van der Waals surface area contributed by atoms with Crippen molar-refractivity contribution in [3.63, 3.8) is 0 Å². The molecular weight excluding hydrogens is 260 g/mol. The molecule has 0 atom stereocenters.